The predicted molar refractivity (Wildman–Crippen MR) is 107 cm³/mol. The number of carbonyl (C=O) groups is 4. The Balaban J connectivity index is 1.81. The zero-order valence-corrected chi connectivity index (χ0v) is 17.4. The summed E-state index contributed by atoms with van der Waals surface area (Å²) in [7, 11) is 0. The van der Waals surface area contributed by atoms with Gasteiger partial charge in [-0.3, -0.25) is 20.2 Å². The lowest BCUT2D eigenvalue weighted by atomic mass is 9.65. The number of urea groups is 2. The number of alkyl halides is 4. The molecule has 1 spiro atoms. The molecule has 10 nitrogen and oxygen atoms in total. The lowest BCUT2D eigenvalue weighted by Gasteiger charge is -2.48. The number of barbiturate groups is 1. The van der Waals surface area contributed by atoms with Crippen LogP contribution >= 0.6 is 0 Å². The van der Waals surface area contributed by atoms with Gasteiger partial charge in [-0.1, -0.05) is 24.3 Å². The Labute approximate surface area is 193 Å². The molecule has 2 atom stereocenters. The molecule has 4 rings (SSSR count). The van der Waals surface area contributed by atoms with E-state index in [9.17, 15) is 36.7 Å². The fourth-order valence-corrected chi connectivity index (χ4v) is 4.15. The number of nitrogens with one attached hydrogen (secondary N) is 4. The van der Waals surface area contributed by atoms with E-state index in [2.05, 4.69) is 20.1 Å². The highest BCUT2D eigenvalue weighted by Gasteiger charge is 2.64. The molecule has 2 aromatic carbocycles. The van der Waals surface area contributed by atoms with Crippen molar-refractivity contribution in [2.45, 2.75) is 25.3 Å². The van der Waals surface area contributed by atoms with Gasteiger partial charge in [0, 0.05) is 0 Å². The van der Waals surface area contributed by atoms with Crippen LogP contribution in [0, 0.1) is 5.41 Å². The number of carbonyl (C=O) groups excluding carboxylic acids is 4. The van der Waals surface area contributed by atoms with Gasteiger partial charge in [0.15, 0.2) is 5.41 Å². The van der Waals surface area contributed by atoms with Crippen molar-refractivity contribution in [2.75, 3.05) is 0 Å². The van der Waals surface area contributed by atoms with Gasteiger partial charge in [-0.25, -0.2) is 9.59 Å². The Morgan fingerprint density at radius 3 is 1.34 bits per heavy atom. The van der Waals surface area contributed by atoms with Gasteiger partial charge < -0.3 is 20.1 Å². The maximum Gasteiger partial charge on any atom is 0.387 e. The summed E-state index contributed by atoms with van der Waals surface area (Å²) in [5.41, 5.74) is -1.88. The van der Waals surface area contributed by atoms with Crippen LogP contribution in [-0.2, 0) is 9.59 Å². The number of benzene rings is 2. The van der Waals surface area contributed by atoms with Gasteiger partial charge in [0.25, 0.3) is 0 Å². The van der Waals surface area contributed by atoms with E-state index >= 15 is 0 Å². The summed E-state index contributed by atoms with van der Waals surface area (Å²) >= 11 is 0. The van der Waals surface area contributed by atoms with Crippen LogP contribution < -0.4 is 30.7 Å². The number of rotatable bonds is 6. The lowest BCUT2D eigenvalue weighted by Crippen LogP contribution is -2.73. The van der Waals surface area contributed by atoms with Gasteiger partial charge in [0.2, 0.25) is 11.8 Å². The molecule has 35 heavy (non-hydrogen) atoms. The van der Waals surface area contributed by atoms with E-state index in [4.69, 9.17) is 0 Å². The van der Waals surface area contributed by atoms with Crippen molar-refractivity contribution < 1.29 is 46.2 Å². The number of hydrogen-bond acceptors (Lipinski definition) is 6. The molecule has 14 heteroatoms. The second-order valence-corrected chi connectivity index (χ2v) is 7.49. The predicted octanol–water partition coefficient (Wildman–Crippen LogP) is 2.34. The molecule has 2 heterocycles. The summed E-state index contributed by atoms with van der Waals surface area (Å²) < 4.78 is 58.6. The van der Waals surface area contributed by atoms with Crippen molar-refractivity contribution in [3.8, 4) is 11.5 Å². The SMILES string of the molecule is O=C1NC(=O)C2(C(=O)N1)C(c1ccc(OC(F)F)cc1)NC(=O)NC2c1ccc(OC(F)F)cc1. The number of ether oxygens (including phenoxy) is 2. The third-order valence-corrected chi connectivity index (χ3v) is 5.54. The molecule has 2 aliphatic heterocycles. The Hall–Kier alpha value is -4.36. The van der Waals surface area contributed by atoms with Crippen molar-refractivity contribution in [1.29, 1.82) is 0 Å². The Kier molecular flexibility index (Phi) is 6.20. The number of halogens is 4. The minimum Gasteiger partial charge on any atom is -0.435 e. The number of imide groups is 2. The van der Waals surface area contributed by atoms with Crippen LogP contribution in [0.25, 0.3) is 0 Å². The highest BCUT2D eigenvalue weighted by atomic mass is 19.3. The first-order valence-electron chi connectivity index (χ1n) is 9.94. The molecule has 2 fully saturated rings. The van der Waals surface area contributed by atoms with Crippen molar-refractivity contribution >= 4 is 23.9 Å². The maximum atomic E-state index is 13.3. The van der Waals surface area contributed by atoms with Crippen LogP contribution in [0.4, 0.5) is 27.2 Å². The van der Waals surface area contributed by atoms with Gasteiger partial charge in [0.05, 0.1) is 12.1 Å². The van der Waals surface area contributed by atoms with E-state index < -0.39 is 54.6 Å². The monoisotopic (exact) mass is 496 g/mol. The summed E-state index contributed by atoms with van der Waals surface area (Å²) in [6.07, 6.45) is 0. The summed E-state index contributed by atoms with van der Waals surface area (Å²) in [6.45, 7) is -6.18. The fraction of sp³-hybridized carbons (Fsp3) is 0.238. The molecular weight excluding hydrogens is 480 g/mol. The summed E-state index contributed by atoms with van der Waals surface area (Å²) in [5, 5.41) is 8.96. The molecule has 2 unspecified atom stereocenters. The molecule has 0 aromatic heterocycles. The molecule has 4 N–H and O–H groups in total. The maximum absolute atomic E-state index is 13.3. The van der Waals surface area contributed by atoms with E-state index in [1.54, 1.807) is 0 Å². The zero-order valence-electron chi connectivity index (χ0n) is 17.4. The first-order valence-corrected chi connectivity index (χ1v) is 9.94. The molecule has 6 amide bonds. The van der Waals surface area contributed by atoms with Gasteiger partial charge in [-0.2, -0.15) is 17.6 Å². The van der Waals surface area contributed by atoms with Gasteiger partial charge in [0.1, 0.15) is 11.5 Å². The first kappa shape index (κ1) is 23.8. The molecule has 2 aliphatic rings. The number of amides is 6. The standard InChI is InChI=1S/C21H16F4N4O6/c22-17(23)34-11-5-1-9(2-6-11)13-21(15(30)28-20(33)29-16(21)31)14(27-19(32)26-13)10-3-7-12(8-4-10)35-18(24)25/h1-8,13-14,17-18H,(H2,26,27,32)(H2,28,29,30,31,33). The smallest absolute Gasteiger partial charge is 0.387 e. The molecule has 0 saturated carbocycles. The Morgan fingerprint density at radius 2 is 1.00 bits per heavy atom. The third kappa shape index (κ3) is 4.41. The van der Waals surface area contributed by atoms with Crippen LogP contribution in [0.15, 0.2) is 48.5 Å². The van der Waals surface area contributed by atoms with Gasteiger partial charge in [-0.05, 0) is 35.4 Å². The highest BCUT2D eigenvalue weighted by Crippen LogP contribution is 2.48. The first-order chi connectivity index (χ1) is 16.6. The van der Waals surface area contributed by atoms with E-state index in [-0.39, 0.29) is 22.6 Å². The largest absolute Gasteiger partial charge is 0.435 e. The van der Waals surface area contributed by atoms with Crippen LogP contribution in [-0.4, -0.2) is 37.1 Å². The molecule has 184 valence electrons. The Morgan fingerprint density at radius 1 is 0.629 bits per heavy atom. The van der Waals surface area contributed by atoms with E-state index in [0.717, 1.165) is 24.3 Å². The highest BCUT2D eigenvalue weighted by molar-refractivity contribution is 6.21. The summed E-state index contributed by atoms with van der Waals surface area (Å²) in [4.78, 5) is 50.9. The molecule has 0 aliphatic carbocycles. The molecule has 0 bridgehead atoms. The fourth-order valence-electron chi connectivity index (χ4n) is 4.15. The molecule has 2 aromatic rings. The summed E-state index contributed by atoms with van der Waals surface area (Å²) in [6, 6.07) is 5.03. The van der Waals surface area contributed by atoms with Gasteiger partial charge >= 0.3 is 25.3 Å². The summed E-state index contributed by atoms with van der Waals surface area (Å²) in [5.74, 6) is -2.54. The van der Waals surface area contributed by atoms with Crippen LogP contribution in [0.1, 0.15) is 23.2 Å². The molecule has 2 saturated heterocycles. The minimum absolute atomic E-state index is 0.156. The van der Waals surface area contributed by atoms with Crippen LogP contribution in [0.5, 0.6) is 11.5 Å². The molecular formula is C21H16F4N4O6. The van der Waals surface area contributed by atoms with Crippen LogP contribution in [0.2, 0.25) is 0 Å². The van der Waals surface area contributed by atoms with Gasteiger partial charge in [-0.15, -0.1) is 0 Å². The molecule has 0 radical (unpaired) electrons. The average molecular weight is 496 g/mol. The topological polar surface area (TPSA) is 135 Å². The zero-order chi connectivity index (χ0) is 25.3. The quantitative estimate of drug-likeness (QED) is 0.358. The Bertz CT molecular complexity index is 1070. The second kappa shape index (κ2) is 9.12. The minimum atomic E-state index is -3.09. The second-order valence-electron chi connectivity index (χ2n) is 7.49. The third-order valence-electron chi connectivity index (χ3n) is 5.54. The normalized spacial score (nSPS) is 21.3. The van der Waals surface area contributed by atoms with E-state index in [1.165, 1.54) is 24.3 Å². The van der Waals surface area contributed by atoms with E-state index in [1.807, 2.05) is 10.6 Å². The van der Waals surface area contributed by atoms with Crippen LogP contribution in [0.3, 0.4) is 0 Å². The van der Waals surface area contributed by atoms with Crippen molar-refractivity contribution in [3.63, 3.8) is 0 Å². The van der Waals surface area contributed by atoms with Crippen molar-refractivity contribution in [2.24, 2.45) is 5.41 Å². The van der Waals surface area contributed by atoms with Crippen molar-refractivity contribution in [1.82, 2.24) is 21.3 Å². The average Bonchev–Trinajstić information content (AvgIpc) is 2.78. The van der Waals surface area contributed by atoms with Crippen molar-refractivity contribution in [3.05, 3.63) is 59.7 Å². The number of hydrogen-bond donors (Lipinski definition) is 4. The lowest BCUT2D eigenvalue weighted by molar-refractivity contribution is -0.150. The van der Waals surface area contributed by atoms with E-state index in [0.29, 0.717) is 0 Å².